The van der Waals surface area contributed by atoms with Gasteiger partial charge in [-0.1, -0.05) is 0 Å². The van der Waals surface area contributed by atoms with Crippen molar-refractivity contribution >= 4 is 16.9 Å². The van der Waals surface area contributed by atoms with Crippen molar-refractivity contribution in [3.8, 4) is 0 Å². The lowest BCUT2D eigenvalue weighted by Gasteiger charge is -2.07. The van der Waals surface area contributed by atoms with Crippen LogP contribution in [0.5, 0.6) is 0 Å². The molecule has 0 saturated heterocycles. The Morgan fingerprint density at radius 3 is 3.06 bits per heavy atom. The number of aromatic nitrogens is 2. The largest absolute Gasteiger partial charge is 0.392 e. The van der Waals surface area contributed by atoms with Gasteiger partial charge >= 0.3 is 0 Å². The summed E-state index contributed by atoms with van der Waals surface area (Å²) in [6.45, 7) is 1.88. The van der Waals surface area contributed by atoms with Crippen molar-refractivity contribution in [1.29, 1.82) is 0 Å². The molecule has 0 saturated carbocycles. The Morgan fingerprint density at radius 1 is 1.59 bits per heavy atom. The van der Waals surface area contributed by atoms with Gasteiger partial charge in [-0.05, 0) is 25.1 Å². The van der Waals surface area contributed by atoms with Crippen LogP contribution in [0.2, 0.25) is 0 Å². The van der Waals surface area contributed by atoms with Crippen LogP contribution in [0.4, 0.5) is 0 Å². The van der Waals surface area contributed by atoms with Gasteiger partial charge in [0.15, 0.2) is 0 Å². The number of rotatable bonds is 3. The van der Waals surface area contributed by atoms with E-state index < -0.39 is 6.10 Å². The second kappa shape index (κ2) is 4.55. The number of aryl methyl sites for hydroxylation is 1. The molecule has 0 bridgehead atoms. The van der Waals surface area contributed by atoms with E-state index in [2.05, 4.69) is 10.3 Å². The summed E-state index contributed by atoms with van der Waals surface area (Å²) in [7, 11) is 1.88. The predicted molar refractivity (Wildman–Crippen MR) is 64.7 cm³/mol. The van der Waals surface area contributed by atoms with E-state index in [0.717, 1.165) is 11.0 Å². The number of amides is 1. The normalized spacial score (nSPS) is 12.6. The van der Waals surface area contributed by atoms with Crippen LogP contribution >= 0.6 is 0 Å². The molecule has 5 nitrogen and oxygen atoms in total. The lowest BCUT2D eigenvalue weighted by molar-refractivity contribution is 0.0924. The summed E-state index contributed by atoms with van der Waals surface area (Å²) in [5, 5.41) is 11.8. The van der Waals surface area contributed by atoms with Crippen LogP contribution < -0.4 is 5.32 Å². The average Bonchev–Trinajstić information content (AvgIpc) is 2.67. The number of carbonyl (C=O) groups is 1. The molecule has 0 fully saturated rings. The van der Waals surface area contributed by atoms with Crippen molar-refractivity contribution in [1.82, 2.24) is 14.9 Å². The third-order valence-corrected chi connectivity index (χ3v) is 2.55. The Kier molecular flexibility index (Phi) is 3.10. The molecule has 0 aliphatic heterocycles. The monoisotopic (exact) mass is 233 g/mol. The smallest absolute Gasteiger partial charge is 0.251 e. The predicted octanol–water partition coefficient (Wildman–Crippen LogP) is 0.684. The minimum Gasteiger partial charge on any atom is -0.392 e. The highest BCUT2D eigenvalue weighted by Crippen LogP contribution is 2.13. The van der Waals surface area contributed by atoms with Gasteiger partial charge in [-0.2, -0.15) is 0 Å². The van der Waals surface area contributed by atoms with Crippen molar-refractivity contribution in [3.63, 3.8) is 0 Å². The molecule has 1 atom stereocenters. The lowest BCUT2D eigenvalue weighted by atomic mass is 10.2. The molecule has 90 valence electrons. The molecule has 0 aliphatic carbocycles. The van der Waals surface area contributed by atoms with Gasteiger partial charge in [-0.15, -0.1) is 0 Å². The highest BCUT2D eigenvalue weighted by molar-refractivity contribution is 5.97. The maximum atomic E-state index is 11.8. The number of imidazole rings is 1. The zero-order valence-corrected chi connectivity index (χ0v) is 9.84. The maximum Gasteiger partial charge on any atom is 0.251 e. The molecule has 0 radical (unpaired) electrons. The molecule has 1 heterocycles. The summed E-state index contributed by atoms with van der Waals surface area (Å²) in [6, 6.07) is 5.33. The van der Waals surface area contributed by atoms with Crippen LogP contribution in [0.25, 0.3) is 11.0 Å². The first kappa shape index (κ1) is 11.6. The second-order valence-corrected chi connectivity index (χ2v) is 4.12. The SMILES string of the molecule is CC(O)CNC(=O)c1ccc2ncn(C)c2c1. The molecule has 0 spiro atoms. The van der Waals surface area contributed by atoms with Gasteiger partial charge in [0.25, 0.3) is 5.91 Å². The number of hydrogen-bond acceptors (Lipinski definition) is 3. The second-order valence-electron chi connectivity index (χ2n) is 4.12. The van der Waals surface area contributed by atoms with Crippen molar-refractivity contribution in [3.05, 3.63) is 30.1 Å². The van der Waals surface area contributed by atoms with E-state index in [-0.39, 0.29) is 12.5 Å². The van der Waals surface area contributed by atoms with Gasteiger partial charge < -0.3 is 15.0 Å². The third-order valence-electron chi connectivity index (χ3n) is 2.55. The third kappa shape index (κ3) is 2.45. The summed E-state index contributed by atoms with van der Waals surface area (Å²) in [6.07, 6.45) is 1.17. The molecule has 2 N–H and O–H groups in total. The van der Waals surface area contributed by atoms with Gasteiger partial charge in [0, 0.05) is 19.2 Å². The van der Waals surface area contributed by atoms with E-state index in [1.165, 1.54) is 0 Å². The fourth-order valence-electron chi connectivity index (χ4n) is 1.61. The molecule has 1 aromatic heterocycles. The highest BCUT2D eigenvalue weighted by Gasteiger charge is 2.08. The number of aliphatic hydroxyl groups is 1. The summed E-state index contributed by atoms with van der Waals surface area (Å²) < 4.78 is 1.86. The first-order valence-electron chi connectivity index (χ1n) is 5.45. The molecule has 1 unspecified atom stereocenters. The Hall–Kier alpha value is -1.88. The lowest BCUT2D eigenvalue weighted by Crippen LogP contribution is -2.30. The average molecular weight is 233 g/mol. The van der Waals surface area contributed by atoms with Crippen LogP contribution in [0, 0.1) is 0 Å². The molecule has 1 aromatic carbocycles. The Balaban J connectivity index is 2.23. The molecule has 0 aliphatic rings. The molecule has 5 heteroatoms. The van der Waals surface area contributed by atoms with Crippen molar-refractivity contribution in [2.24, 2.45) is 7.05 Å². The van der Waals surface area contributed by atoms with E-state index in [4.69, 9.17) is 5.11 Å². The molecule has 2 aromatic rings. The Labute approximate surface area is 99.1 Å². The van der Waals surface area contributed by atoms with Crippen LogP contribution in [0.3, 0.4) is 0 Å². The van der Waals surface area contributed by atoms with Crippen LogP contribution in [-0.4, -0.2) is 33.2 Å². The maximum absolute atomic E-state index is 11.8. The van der Waals surface area contributed by atoms with E-state index in [1.807, 2.05) is 17.7 Å². The fraction of sp³-hybridized carbons (Fsp3) is 0.333. The van der Waals surface area contributed by atoms with Gasteiger partial charge in [-0.3, -0.25) is 4.79 Å². The standard InChI is InChI=1S/C12H15N3O2/c1-8(16)6-13-12(17)9-3-4-10-11(5-9)15(2)7-14-10/h3-5,7-8,16H,6H2,1-2H3,(H,13,17). The number of nitrogens with one attached hydrogen (secondary N) is 1. The van der Waals surface area contributed by atoms with E-state index in [9.17, 15) is 4.79 Å². The minimum absolute atomic E-state index is 0.186. The number of nitrogens with zero attached hydrogens (tertiary/aromatic N) is 2. The first-order chi connectivity index (χ1) is 8.08. The van der Waals surface area contributed by atoms with E-state index in [0.29, 0.717) is 5.56 Å². The molecular weight excluding hydrogens is 218 g/mol. The number of hydrogen-bond donors (Lipinski definition) is 2. The fourth-order valence-corrected chi connectivity index (χ4v) is 1.61. The summed E-state index contributed by atoms with van der Waals surface area (Å²) >= 11 is 0. The minimum atomic E-state index is -0.542. The quantitative estimate of drug-likeness (QED) is 0.819. The van der Waals surface area contributed by atoms with Crippen LogP contribution in [-0.2, 0) is 7.05 Å². The molecular formula is C12H15N3O2. The van der Waals surface area contributed by atoms with Gasteiger partial charge in [0.05, 0.1) is 23.5 Å². The number of benzene rings is 1. The highest BCUT2D eigenvalue weighted by atomic mass is 16.3. The number of fused-ring (bicyclic) bond motifs is 1. The van der Waals surface area contributed by atoms with Crippen molar-refractivity contribution in [2.45, 2.75) is 13.0 Å². The Morgan fingerprint density at radius 2 is 2.35 bits per heavy atom. The van der Waals surface area contributed by atoms with Gasteiger partial charge in [0.2, 0.25) is 0 Å². The molecule has 1 amide bonds. The van der Waals surface area contributed by atoms with Crippen molar-refractivity contribution in [2.75, 3.05) is 6.54 Å². The summed E-state index contributed by atoms with van der Waals surface area (Å²) in [5.41, 5.74) is 2.34. The molecule has 2 rings (SSSR count). The zero-order chi connectivity index (χ0) is 12.4. The van der Waals surface area contributed by atoms with Gasteiger partial charge in [0.1, 0.15) is 0 Å². The van der Waals surface area contributed by atoms with Gasteiger partial charge in [-0.25, -0.2) is 4.98 Å². The zero-order valence-electron chi connectivity index (χ0n) is 9.84. The summed E-state index contributed by atoms with van der Waals surface area (Å²) in [4.78, 5) is 16.0. The summed E-state index contributed by atoms with van der Waals surface area (Å²) in [5.74, 6) is -0.186. The number of aliphatic hydroxyl groups excluding tert-OH is 1. The van der Waals surface area contributed by atoms with E-state index in [1.54, 1.807) is 25.4 Å². The van der Waals surface area contributed by atoms with Crippen LogP contribution in [0.1, 0.15) is 17.3 Å². The Bertz CT molecular complexity index is 546. The topological polar surface area (TPSA) is 67.2 Å². The number of carbonyl (C=O) groups excluding carboxylic acids is 1. The van der Waals surface area contributed by atoms with E-state index >= 15 is 0 Å². The van der Waals surface area contributed by atoms with Crippen LogP contribution in [0.15, 0.2) is 24.5 Å². The first-order valence-corrected chi connectivity index (χ1v) is 5.45. The molecule has 17 heavy (non-hydrogen) atoms. The van der Waals surface area contributed by atoms with Crippen molar-refractivity contribution < 1.29 is 9.90 Å².